The molecule has 1 atom stereocenters. The molecule has 22 heavy (non-hydrogen) atoms. The standard InChI is InChI=1S/C15H12FN3O2S/c16-12-3-1-2-11(8-12)15-19(13(20)9-22-15)18-14(21)10-4-6-17-7-5-10/h1-8,15H,9H2,(H,18,21)/t15-/m1/s1. The second-order valence-electron chi connectivity index (χ2n) is 4.66. The van der Waals surface area contributed by atoms with Gasteiger partial charge in [0.15, 0.2) is 0 Å². The zero-order valence-electron chi connectivity index (χ0n) is 11.4. The van der Waals surface area contributed by atoms with Crippen molar-refractivity contribution in [1.29, 1.82) is 0 Å². The number of hydrogen-bond donors (Lipinski definition) is 1. The van der Waals surface area contributed by atoms with Gasteiger partial charge in [0.2, 0.25) is 0 Å². The summed E-state index contributed by atoms with van der Waals surface area (Å²) in [5.41, 5.74) is 3.62. The molecule has 2 amide bonds. The summed E-state index contributed by atoms with van der Waals surface area (Å²) in [7, 11) is 0. The van der Waals surface area contributed by atoms with E-state index in [1.165, 1.54) is 41.3 Å². The molecular formula is C15H12FN3O2S. The van der Waals surface area contributed by atoms with Crippen LogP contribution >= 0.6 is 11.8 Å². The quantitative estimate of drug-likeness (QED) is 0.942. The first kappa shape index (κ1) is 14.5. The number of benzene rings is 1. The Balaban J connectivity index is 1.81. The highest BCUT2D eigenvalue weighted by molar-refractivity contribution is 8.00. The topological polar surface area (TPSA) is 62.3 Å². The van der Waals surface area contributed by atoms with Crippen LogP contribution in [0, 0.1) is 5.82 Å². The summed E-state index contributed by atoms with van der Waals surface area (Å²) in [6.45, 7) is 0. The predicted octanol–water partition coefficient (Wildman–Crippen LogP) is 2.14. The van der Waals surface area contributed by atoms with Crippen LogP contribution < -0.4 is 5.43 Å². The molecule has 1 aromatic heterocycles. The maximum atomic E-state index is 13.4. The molecule has 0 saturated carbocycles. The van der Waals surface area contributed by atoms with Crippen molar-refractivity contribution in [2.24, 2.45) is 0 Å². The minimum Gasteiger partial charge on any atom is -0.272 e. The Morgan fingerprint density at radius 1 is 1.32 bits per heavy atom. The minimum absolute atomic E-state index is 0.221. The summed E-state index contributed by atoms with van der Waals surface area (Å²) >= 11 is 1.34. The number of hydrazine groups is 1. The van der Waals surface area contributed by atoms with Crippen molar-refractivity contribution in [3.8, 4) is 0 Å². The normalized spacial score (nSPS) is 17.6. The maximum Gasteiger partial charge on any atom is 0.270 e. The van der Waals surface area contributed by atoms with E-state index >= 15 is 0 Å². The van der Waals surface area contributed by atoms with Crippen molar-refractivity contribution in [2.45, 2.75) is 5.37 Å². The molecule has 1 fully saturated rings. The van der Waals surface area contributed by atoms with Crippen molar-refractivity contribution in [3.05, 3.63) is 65.7 Å². The van der Waals surface area contributed by atoms with Gasteiger partial charge >= 0.3 is 0 Å². The SMILES string of the molecule is O=C(NN1C(=O)CS[C@@H]1c1cccc(F)c1)c1ccncc1. The first-order valence-corrected chi connectivity index (χ1v) is 7.60. The van der Waals surface area contributed by atoms with Crippen LogP contribution in [-0.2, 0) is 4.79 Å². The van der Waals surface area contributed by atoms with Crippen LogP contribution in [0.1, 0.15) is 21.3 Å². The van der Waals surface area contributed by atoms with E-state index in [1.54, 1.807) is 24.3 Å². The average molecular weight is 317 g/mol. The molecule has 7 heteroatoms. The lowest BCUT2D eigenvalue weighted by Crippen LogP contribution is -2.44. The lowest BCUT2D eigenvalue weighted by atomic mass is 10.2. The Hall–Kier alpha value is -2.41. The van der Waals surface area contributed by atoms with Crippen molar-refractivity contribution < 1.29 is 14.0 Å². The highest BCUT2D eigenvalue weighted by Gasteiger charge is 2.34. The Labute approximate surface area is 130 Å². The summed E-state index contributed by atoms with van der Waals surface area (Å²) < 4.78 is 13.4. The number of halogens is 1. The van der Waals surface area contributed by atoms with E-state index in [4.69, 9.17) is 0 Å². The van der Waals surface area contributed by atoms with Crippen molar-refractivity contribution in [1.82, 2.24) is 15.4 Å². The number of nitrogens with zero attached hydrogens (tertiary/aromatic N) is 2. The van der Waals surface area contributed by atoms with Crippen molar-refractivity contribution in [2.75, 3.05) is 5.75 Å². The van der Waals surface area contributed by atoms with Gasteiger partial charge in [0.1, 0.15) is 11.2 Å². The summed E-state index contributed by atoms with van der Waals surface area (Å²) in [4.78, 5) is 28.0. The van der Waals surface area contributed by atoms with Crippen LogP contribution in [0.2, 0.25) is 0 Å². The molecule has 3 rings (SSSR count). The van der Waals surface area contributed by atoms with E-state index in [0.717, 1.165) is 0 Å². The number of nitrogens with one attached hydrogen (secondary N) is 1. The molecule has 0 spiro atoms. The fourth-order valence-electron chi connectivity index (χ4n) is 2.13. The number of thioether (sulfide) groups is 1. The number of hydrogen-bond acceptors (Lipinski definition) is 4. The summed E-state index contributed by atoms with van der Waals surface area (Å²) in [5.74, 6) is -0.767. The van der Waals surface area contributed by atoms with Gasteiger partial charge < -0.3 is 0 Å². The molecule has 1 N–H and O–H groups in total. The number of carbonyl (C=O) groups excluding carboxylic acids is 2. The molecule has 2 heterocycles. The smallest absolute Gasteiger partial charge is 0.270 e. The Kier molecular flexibility index (Phi) is 4.06. The summed E-state index contributed by atoms with van der Waals surface area (Å²) in [6, 6.07) is 9.12. The fraction of sp³-hybridized carbons (Fsp3) is 0.133. The summed E-state index contributed by atoms with van der Waals surface area (Å²) in [5, 5.41) is 0.816. The zero-order chi connectivity index (χ0) is 15.5. The van der Waals surface area contributed by atoms with Gasteiger partial charge in [-0.25, -0.2) is 9.40 Å². The van der Waals surface area contributed by atoms with Gasteiger partial charge in [0.25, 0.3) is 11.8 Å². The monoisotopic (exact) mass is 317 g/mol. The number of amides is 2. The van der Waals surface area contributed by atoms with Crippen LogP contribution in [0.25, 0.3) is 0 Å². The van der Waals surface area contributed by atoms with E-state index in [1.807, 2.05) is 0 Å². The van der Waals surface area contributed by atoms with Gasteiger partial charge in [0.05, 0.1) is 5.75 Å². The van der Waals surface area contributed by atoms with Gasteiger partial charge in [0, 0.05) is 18.0 Å². The lowest BCUT2D eigenvalue weighted by molar-refractivity contribution is -0.130. The Bertz CT molecular complexity index is 711. The van der Waals surface area contributed by atoms with Crippen LogP contribution in [0.4, 0.5) is 4.39 Å². The number of rotatable bonds is 3. The van der Waals surface area contributed by atoms with E-state index in [9.17, 15) is 14.0 Å². The third-order valence-corrected chi connectivity index (χ3v) is 4.38. The molecule has 0 bridgehead atoms. The average Bonchev–Trinajstić information content (AvgIpc) is 2.89. The molecule has 1 aliphatic rings. The zero-order valence-corrected chi connectivity index (χ0v) is 12.2. The Morgan fingerprint density at radius 2 is 2.09 bits per heavy atom. The van der Waals surface area contributed by atoms with Crippen LogP contribution in [0.3, 0.4) is 0 Å². The van der Waals surface area contributed by atoms with Crippen LogP contribution in [0.5, 0.6) is 0 Å². The first-order chi connectivity index (χ1) is 10.6. The Morgan fingerprint density at radius 3 is 2.82 bits per heavy atom. The van der Waals surface area contributed by atoms with Crippen molar-refractivity contribution >= 4 is 23.6 Å². The molecule has 0 unspecified atom stereocenters. The van der Waals surface area contributed by atoms with E-state index < -0.39 is 11.3 Å². The van der Waals surface area contributed by atoms with Gasteiger partial charge in [-0.2, -0.15) is 0 Å². The number of pyridine rings is 1. The third-order valence-electron chi connectivity index (χ3n) is 3.17. The molecular weight excluding hydrogens is 305 g/mol. The van der Waals surface area contributed by atoms with Gasteiger partial charge in [-0.05, 0) is 29.8 Å². The first-order valence-electron chi connectivity index (χ1n) is 6.55. The largest absolute Gasteiger partial charge is 0.272 e. The van der Waals surface area contributed by atoms with E-state index in [2.05, 4.69) is 10.4 Å². The second-order valence-corrected chi connectivity index (χ2v) is 5.73. The molecule has 0 aliphatic carbocycles. The third kappa shape index (κ3) is 2.94. The maximum absolute atomic E-state index is 13.4. The molecule has 1 saturated heterocycles. The molecule has 2 aromatic rings. The number of carbonyl (C=O) groups is 2. The second kappa shape index (κ2) is 6.15. The minimum atomic E-state index is -0.436. The van der Waals surface area contributed by atoms with Crippen molar-refractivity contribution in [3.63, 3.8) is 0 Å². The van der Waals surface area contributed by atoms with E-state index in [-0.39, 0.29) is 17.5 Å². The van der Waals surface area contributed by atoms with Gasteiger partial charge in [-0.15, -0.1) is 11.8 Å². The van der Waals surface area contributed by atoms with Gasteiger partial charge in [-0.3, -0.25) is 20.0 Å². The number of aromatic nitrogens is 1. The van der Waals surface area contributed by atoms with Gasteiger partial charge in [-0.1, -0.05) is 12.1 Å². The molecule has 1 aliphatic heterocycles. The highest BCUT2D eigenvalue weighted by Crippen LogP contribution is 2.37. The molecule has 5 nitrogen and oxygen atoms in total. The molecule has 1 aromatic carbocycles. The van der Waals surface area contributed by atoms with E-state index in [0.29, 0.717) is 11.1 Å². The molecule has 112 valence electrons. The lowest BCUT2D eigenvalue weighted by Gasteiger charge is -2.24. The summed E-state index contributed by atoms with van der Waals surface area (Å²) in [6.07, 6.45) is 3.00. The fourth-order valence-corrected chi connectivity index (χ4v) is 3.23. The predicted molar refractivity (Wildman–Crippen MR) is 80.1 cm³/mol. The highest BCUT2D eigenvalue weighted by atomic mass is 32.2. The molecule has 0 radical (unpaired) electrons. The van der Waals surface area contributed by atoms with Crippen LogP contribution in [-0.4, -0.2) is 27.6 Å². The van der Waals surface area contributed by atoms with Crippen LogP contribution in [0.15, 0.2) is 48.8 Å².